The average molecular weight is 332 g/mol. The average Bonchev–Trinajstić information content (AvgIpc) is 2.79. The number of hydrogen-bond acceptors (Lipinski definition) is 5. The molecule has 0 saturated carbocycles. The summed E-state index contributed by atoms with van der Waals surface area (Å²) in [6, 6.07) is 5.60. The number of aliphatic hydroxyl groups excluding tert-OH is 1. The zero-order valence-corrected chi connectivity index (χ0v) is 13.8. The molecule has 0 aliphatic carbocycles. The third kappa shape index (κ3) is 3.96. The van der Waals surface area contributed by atoms with E-state index in [2.05, 4.69) is 10.4 Å². The van der Waals surface area contributed by atoms with Crippen LogP contribution in [0.15, 0.2) is 24.3 Å². The van der Waals surface area contributed by atoms with Gasteiger partial charge in [0, 0.05) is 37.0 Å². The molecule has 0 bridgehead atoms. The number of nitrogens with zero attached hydrogens (tertiary/aromatic N) is 3. The molecule has 8 nitrogen and oxygen atoms in total. The largest absolute Gasteiger partial charge is 0.387 e. The fourth-order valence-corrected chi connectivity index (χ4v) is 2.44. The first kappa shape index (κ1) is 17.6. The van der Waals surface area contributed by atoms with Crippen LogP contribution in [0.25, 0.3) is 0 Å². The summed E-state index contributed by atoms with van der Waals surface area (Å²) < 4.78 is 1.73. The van der Waals surface area contributed by atoms with Crippen molar-refractivity contribution in [1.29, 1.82) is 0 Å². The number of nitro benzene ring substituents is 1. The Kier molecular flexibility index (Phi) is 5.30. The number of carbonyl (C=O) groups is 1. The lowest BCUT2D eigenvalue weighted by Gasteiger charge is -2.12. The van der Waals surface area contributed by atoms with Gasteiger partial charge < -0.3 is 10.4 Å². The third-order valence-electron chi connectivity index (χ3n) is 3.98. The normalized spacial score (nSPS) is 12.0. The van der Waals surface area contributed by atoms with Crippen LogP contribution < -0.4 is 5.32 Å². The fraction of sp³-hybridized carbons (Fsp3) is 0.375. The van der Waals surface area contributed by atoms with Gasteiger partial charge in [-0.1, -0.05) is 0 Å². The van der Waals surface area contributed by atoms with E-state index in [0.29, 0.717) is 5.56 Å². The van der Waals surface area contributed by atoms with Crippen LogP contribution in [-0.2, 0) is 18.3 Å². The molecule has 1 heterocycles. The second-order valence-electron chi connectivity index (χ2n) is 5.62. The number of non-ortho nitro benzene ring substituents is 1. The number of nitro groups is 1. The molecular formula is C16H20N4O4. The molecular weight excluding hydrogens is 312 g/mol. The van der Waals surface area contributed by atoms with Gasteiger partial charge in [-0.2, -0.15) is 5.10 Å². The molecule has 0 fully saturated rings. The molecule has 0 radical (unpaired) electrons. The summed E-state index contributed by atoms with van der Waals surface area (Å²) in [6.07, 6.45) is -0.732. The first-order valence-corrected chi connectivity index (χ1v) is 7.47. The first-order valence-electron chi connectivity index (χ1n) is 7.47. The van der Waals surface area contributed by atoms with E-state index in [0.717, 1.165) is 17.0 Å². The summed E-state index contributed by atoms with van der Waals surface area (Å²) in [5.74, 6) is -0.213. The number of hydrogen-bond donors (Lipinski definition) is 2. The Hall–Kier alpha value is -2.74. The highest BCUT2D eigenvalue weighted by atomic mass is 16.6. The number of benzene rings is 1. The lowest BCUT2D eigenvalue weighted by molar-refractivity contribution is -0.384. The van der Waals surface area contributed by atoms with Crippen molar-refractivity contribution in [3.8, 4) is 0 Å². The maximum Gasteiger partial charge on any atom is 0.269 e. The van der Waals surface area contributed by atoms with Gasteiger partial charge in [0.05, 0.1) is 23.1 Å². The van der Waals surface area contributed by atoms with E-state index in [1.165, 1.54) is 24.3 Å². The Morgan fingerprint density at radius 1 is 1.38 bits per heavy atom. The zero-order chi connectivity index (χ0) is 17.9. The predicted octanol–water partition coefficient (Wildman–Crippen LogP) is 1.34. The van der Waals surface area contributed by atoms with E-state index < -0.39 is 11.0 Å². The second-order valence-corrected chi connectivity index (χ2v) is 5.62. The van der Waals surface area contributed by atoms with Crippen molar-refractivity contribution in [2.45, 2.75) is 26.4 Å². The minimum atomic E-state index is -0.925. The number of nitrogens with one attached hydrogen (secondary N) is 1. The molecule has 0 aliphatic rings. The van der Waals surface area contributed by atoms with E-state index in [4.69, 9.17) is 0 Å². The van der Waals surface area contributed by atoms with Crippen molar-refractivity contribution >= 4 is 11.6 Å². The highest BCUT2D eigenvalue weighted by Crippen LogP contribution is 2.17. The number of aromatic nitrogens is 2. The highest BCUT2D eigenvalue weighted by Gasteiger charge is 2.15. The summed E-state index contributed by atoms with van der Waals surface area (Å²) >= 11 is 0. The zero-order valence-electron chi connectivity index (χ0n) is 13.8. The summed E-state index contributed by atoms with van der Waals surface area (Å²) in [5, 5.41) is 27.6. The number of amides is 1. The summed E-state index contributed by atoms with van der Waals surface area (Å²) in [7, 11) is 1.82. The van der Waals surface area contributed by atoms with Crippen LogP contribution in [-0.4, -0.2) is 32.3 Å². The molecule has 1 unspecified atom stereocenters. The minimum absolute atomic E-state index is 0.0367. The van der Waals surface area contributed by atoms with Crippen molar-refractivity contribution in [2.24, 2.45) is 7.05 Å². The van der Waals surface area contributed by atoms with Gasteiger partial charge in [-0.15, -0.1) is 0 Å². The van der Waals surface area contributed by atoms with Crippen LogP contribution >= 0.6 is 0 Å². The number of rotatable bonds is 6. The van der Waals surface area contributed by atoms with Crippen LogP contribution in [0.2, 0.25) is 0 Å². The van der Waals surface area contributed by atoms with E-state index >= 15 is 0 Å². The second kappa shape index (κ2) is 7.22. The van der Waals surface area contributed by atoms with Gasteiger partial charge in [0.15, 0.2) is 0 Å². The molecule has 0 saturated heterocycles. The molecule has 1 aromatic carbocycles. The standard InChI is InChI=1S/C16H20N4O4/c1-10-14(11(2)19(3)18-10)8-16(22)17-9-15(21)12-4-6-13(7-5-12)20(23)24/h4-7,15,21H,8-9H2,1-3H3,(H,17,22). The van der Waals surface area contributed by atoms with Crippen LogP contribution in [0.5, 0.6) is 0 Å². The predicted molar refractivity (Wildman–Crippen MR) is 87.5 cm³/mol. The monoisotopic (exact) mass is 332 g/mol. The van der Waals surface area contributed by atoms with E-state index in [1.807, 2.05) is 20.9 Å². The van der Waals surface area contributed by atoms with Gasteiger partial charge in [-0.05, 0) is 31.5 Å². The minimum Gasteiger partial charge on any atom is -0.387 e. The van der Waals surface area contributed by atoms with Gasteiger partial charge in [-0.3, -0.25) is 19.6 Å². The molecule has 8 heteroatoms. The van der Waals surface area contributed by atoms with Crippen LogP contribution in [0.3, 0.4) is 0 Å². The van der Waals surface area contributed by atoms with Crippen LogP contribution in [0.4, 0.5) is 5.69 Å². The number of aliphatic hydroxyl groups is 1. The Bertz CT molecular complexity index is 752. The van der Waals surface area contributed by atoms with Gasteiger partial charge in [0.1, 0.15) is 0 Å². The molecule has 0 aliphatic heterocycles. The molecule has 2 aromatic rings. The van der Waals surface area contributed by atoms with E-state index in [9.17, 15) is 20.0 Å². The van der Waals surface area contributed by atoms with Crippen LogP contribution in [0.1, 0.15) is 28.6 Å². The Morgan fingerprint density at radius 2 is 2.00 bits per heavy atom. The molecule has 1 aromatic heterocycles. The highest BCUT2D eigenvalue weighted by molar-refractivity contribution is 5.79. The Labute approximate surface area is 139 Å². The van der Waals surface area contributed by atoms with Crippen molar-refractivity contribution in [1.82, 2.24) is 15.1 Å². The third-order valence-corrected chi connectivity index (χ3v) is 3.98. The van der Waals surface area contributed by atoms with Crippen LogP contribution in [0, 0.1) is 24.0 Å². The molecule has 1 atom stereocenters. The number of carbonyl (C=O) groups excluding carboxylic acids is 1. The summed E-state index contributed by atoms with van der Waals surface area (Å²) in [6.45, 7) is 3.78. The van der Waals surface area contributed by atoms with Gasteiger partial charge >= 0.3 is 0 Å². The Morgan fingerprint density at radius 3 is 2.50 bits per heavy atom. The summed E-state index contributed by atoms with van der Waals surface area (Å²) in [5.41, 5.74) is 3.08. The van der Waals surface area contributed by atoms with Crippen molar-refractivity contribution in [3.63, 3.8) is 0 Å². The van der Waals surface area contributed by atoms with Gasteiger partial charge in [0.2, 0.25) is 5.91 Å². The lowest BCUT2D eigenvalue weighted by atomic mass is 10.1. The topological polar surface area (TPSA) is 110 Å². The fourth-order valence-electron chi connectivity index (χ4n) is 2.44. The van der Waals surface area contributed by atoms with Crippen molar-refractivity contribution < 1.29 is 14.8 Å². The smallest absolute Gasteiger partial charge is 0.269 e. The van der Waals surface area contributed by atoms with Crippen molar-refractivity contribution in [2.75, 3.05) is 6.54 Å². The van der Waals surface area contributed by atoms with E-state index in [1.54, 1.807) is 4.68 Å². The maximum absolute atomic E-state index is 12.1. The van der Waals surface area contributed by atoms with Gasteiger partial charge in [-0.25, -0.2) is 0 Å². The number of aryl methyl sites for hydroxylation is 2. The molecule has 128 valence electrons. The molecule has 2 rings (SSSR count). The first-order chi connectivity index (χ1) is 11.3. The molecule has 1 amide bonds. The maximum atomic E-state index is 12.1. The van der Waals surface area contributed by atoms with Gasteiger partial charge in [0.25, 0.3) is 5.69 Å². The molecule has 2 N–H and O–H groups in total. The van der Waals surface area contributed by atoms with Crippen molar-refractivity contribution in [3.05, 3.63) is 56.9 Å². The summed E-state index contributed by atoms with van der Waals surface area (Å²) in [4.78, 5) is 22.2. The quantitative estimate of drug-likeness (QED) is 0.612. The lowest BCUT2D eigenvalue weighted by Crippen LogP contribution is -2.30. The molecule has 0 spiro atoms. The molecule has 24 heavy (non-hydrogen) atoms. The SMILES string of the molecule is Cc1nn(C)c(C)c1CC(=O)NCC(O)c1ccc([N+](=O)[O-])cc1. The Balaban J connectivity index is 1.92. The van der Waals surface area contributed by atoms with E-state index in [-0.39, 0.29) is 24.6 Å².